The lowest BCUT2D eigenvalue weighted by Gasteiger charge is -2.24. The first-order valence-corrected chi connectivity index (χ1v) is 11.2. The Morgan fingerprint density at radius 3 is 2.06 bits per heavy atom. The molecule has 33 heavy (non-hydrogen) atoms. The number of rotatable bonds is 7. The van der Waals surface area contributed by atoms with Gasteiger partial charge in [0.15, 0.2) is 0 Å². The van der Waals surface area contributed by atoms with Crippen LogP contribution in [0.4, 0.5) is 5.69 Å². The molecule has 0 radical (unpaired) electrons. The molecule has 2 N–H and O–H groups in total. The average Bonchev–Trinajstić information content (AvgIpc) is 3.40. The van der Waals surface area contributed by atoms with Crippen LogP contribution < -0.4 is 10.6 Å². The molecule has 6 heteroatoms. The molecule has 0 aromatic heterocycles. The van der Waals surface area contributed by atoms with Crippen molar-refractivity contribution < 1.29 is 14.4 Å². The van der Waals surface area contributed by atoms with Crippen LogP contribution in [0, 0.1) is 0 Å². The van der Waals surface area contributed by atoms with Gasteiger partial charge in [0.25, 0.3) is 11.8 Å². The van der Waals surface area contributed by atoms with Gasteiger partial charge >= 0.3 is 0 Å². The van der Waals surface area contributed by atoms with E-state index in [2.05, 4.69) is 10.6 Å². The maximum absolute atomic E-state index is 13.3. The predicted molar refractivity (Wildman–Crippen MR) is 128 cm³/mol. The van der Waals surface area contributed by atoms with Crippen LogP contribution in [0.25, 0.3) is 0 Å². The number of likely N-dealkylation sites (tertiary alicyclic amines) is 1. The minimum Gasteiger partial charge on any atom is -0.341 e. The van der Waals surface area contributed by atoms with Crippen molar-refractivity contribution in [2.75, 3.05) is 18.4 Å². The van der Waals surface area contributed by atoms with Crippen molar-refractivity contribution >= 4 is 23.4 Å². The first-order chi connectivity index (χ1) is 16.1. The van der Waals surface area contributed by atoms with Gasteiger partial charge in [-0.25, -0.2) is 0 Å². The van der Waals surface area contributed by atoms with E-state index >= 15 is 0 Å². The Balaban J connectivity index is 1.54. The molecular formula is C27H27N3O3. The zero-order valence-electron chi connectivity index (χ0n) is 18.4. The van der Waals surface area contributed by atoms with E-state index in [9.17, 15) is 14.4 Å². The average molecular weight is 442 g/mol. The minimum atomic E-state index is -0.684. The summed E-state index contributed by atoms with van der Waals surface area (Å²) in [6, 6.07) is 24.6. The Morgan fingerprint density at radius 2 is 1.36 bits per heavy atom. The second-order valence-electron chi connectivity index (χ2n) is 8.11. The van der Waals surface area contributed by atoms with Crippen molar-refractivity contribution in [2.45, 2.75) is 25.3 Å². The Hall–Kier alpha value is -3.93. The molecule has 4 rings (SSSR count). The van der Waals surface area contributed by atoms with E-state index in [-0.39, 0.29) is 11.8 Å². The number of carbonyl (C=O) groups is 3. The quantitative estimate of drug-likeness (QED) is 0.584. The molecule has 1 heterocycles. The third-order valence-corrected chi connectivity index (χ3v) is 5.76. The maximum Gasteiger partial charge on any atom is 0.255 e. The molecule has 3 aromatic carbocycles. The number of carbonyl (C=O) groups excluding carboxylic acids is 3. The second-order valence-corrected chi connectivity index (χ2v) is 8.11. The van der Waals surface area contributed by atoms with Gasteiger partial charge in [-0.05, 0) is 42.7 Å². The number of anilines is 1. The second kappa shape index (κ2) is 10.6. The number of hydrogen-bond acceptors (Lipinski definition) is 3. The van der Waals surface area contributed by atoms with Crippen LogP contribution in [-0.4, -0.2) is 41.8 Å². The van der Waals surface area contributed by atoms with Crippen LogP contribution in [-0.2, 0) is 11.2 Å². The van der Waals surface area contributed by atoms with Crippen LogP contribution >= 0.6 is 0 Å². The highest BCUT2D eigenvalue weighted by atomic mass is 16.2. The molecule has 0 bridgehead atoms. The third kappa shape index (κ3) is 5.66. The zero-order chi connectivity index (χ0) is 23.0. The Labute approximate surface area is 193 Å². The smallest absolute Gasteiger partial charge is 0.255 e. The minimum absolute atomic E-state index is 0.0736. The number of para-hydroxylation sites is 1. The van der Waals surface area contributed by atoms with Crippen LogP contribution in [0.1, 0.15) is 39.1 Å². The molecule has 1 aliphatic heterocycles. The predicted octanol–water partition coefficient (Wildman–Crippen LogP) is 3.90. The lowest BCUT2D eigenvalue weighted by atomic mass is 10.0. The van der Waals surface area contributed by atoms with Crippen LogP contribution in [0.2, 0.25) is 0 Å². The van der Waals surface area contributed by atoms with Crippen molar-refractivity contribution in [3.63, 3.8) is 0 Å². The lowest BCUT2D eigenvalue weighted by molar-refractivity contribution is -0.132. The summed E-state index contributed by atoms with van der Waals surface area (Å²) in [7, 11) is 0. The highest BCUT2D eigenvalue weighted by molar-refractivity contribution is 6.09. The van der Waals surface area contributed by atoms with Crippen LogP contribution in [0.5, 0.6) is 0 Å². The van der Waals surface area contributed by atoms with Gasteiger partial charge < -0.3 is 15.5 Å². The molecule has 3 amide bonds. The number of nitrogens with zero attached hydrogens (tertiary/aromatic N) is 1. The molecular weight excluding hydrogens is 414 g/mol. The fourth-order valence-corrected chi connectivity index (χ4v) is 4.02. The van der Waals surface area contributed by atoms with Gasteiger partial charge in [0.1, 0.15) is 6.04 Å². The van der Waals surface area contributed by atoms with Crippen molar-refractivity contribution in [3.05, 3.63) is 102 Å². The summed E-state index contributed by atoms with van der Waals surface area (Å²) >= 11 is 0. The van der Waals surface area contributed by atoms with Gasteiger partial charge in [-0.3, -0.25) is 14.4 Å². The summed E-state index contributed by atoms with van der Waals surface area (Å²) < 4.78 is 0. The highest BCUT2D eigenvalue weighted by Crippen LogP contribution is 2.18. The van der Waals surface area contributed by atoms with Crippen LogP contribution in [0.15, 0.2) is 84.9 Å². The van der Waals surface area contributed by atoms with Crippen molar-refractivity contribution in [2.24, 2.45) is 0 Å². The molecule has 1 unspecified atom stereocenters. The Morgan fingerprint density at radius 1 is 0.758 bits per heavy atom. The number of amides is 3. The molecule has 0 spiro atoms. The molecule has 1 atom stereocenters. The van der Waals surface area contributed by atoms with Gasteiger partial charge in [-0.2, -0.15) is 0 Å². The van der Waals surface area contributed by atoms with E-state index in [0.717, 1.165) is 18.4 Å². The summed E-state index contributed by atoms with van der Waals surface area (Å²) in [5.74, 6) is -0.771. The summed E-state index contributed by atoms with van der Waals surface area (Å²) in [5.41, 5.74) is 2.19. The molecule has 0 aliphatic carbocycles. The molecule has 1 aliphatic rings. The maximum atomic E-state index is 13.3. The van der Waals surface area contributed by atoms with Crippen molar-refractivity contribution in [1.29, 1.82) is 0 Å². The molecule has 1 saturated heterocycles. The van der Waals surface area contributed by atoms with Gasteiger partial charge in [-0.15, -0.1) is 0 Å². The summed E-state index contributed by atoms with van der Waals surface area (Å²) in [4.78, 5) is 40.9. The monoisotopic (exact) mass is 441 g/mol. The number of nitrogens with one attached hydrogen (secondary N) is 2. The molecule has 1 fully saturated rings. The van der Waals surface area contributed by atoms with Crippen molar-refractivity contribution in [1.82, 2.24) is 10.2 Å². The zero-order valence-corrected chi connectivity index (χ0v) is 18.4. The van der Waals surface area contributed by atoms with Gasteiger partial charge in [-0.1, -0.05) is 60.7 Å². The van der Waals surface area contributed by atoms with Gasteiger partial charge in [0.05, 0.1) is 11.3 Å². The van der Waals surface area contributed by atoms with E-state index in [4.69, 9.17) is 0 Å². The Bertz CT molecular complexity index is 1110. The molecule has 168 valence electrons. The van der Waals surface area contributed by atoms with E-state index in [1.54, 1.807) is 48.5 Å². The molecule has 6 nitrogen and oxygen atoms in total. The largest absolute Gasteiger partial charge is 0.341 e. The Kier molecular flexibility index (Phi) is 7.15. The normalized spacial score (nSPS) is 13.9. The van der Waals surface area contributed by atoms with E-state index in [1.807, 2.05) is 41.3 Å². The standard InChI is InChI=1S/C27H27N3O3/c31-25(21-13-5-2-6-14-21)28-23-16-8-7-15-22(23)26(32)29-24(19-20-11-3-1-4-12-20)27(33)30-17-9-10-18-30/h1-8,11-16,24H,9-10,17-19H2,(H,28,31)(H,29,32). The molecule has 3 aromatic rings. The first-order valence-electron chi connectivity index (χ1n) is 11.2. The number of benzene rings is 3. The fourth-order valence-electron chi connectivity index (χ4n) is 4.02. The third-order valence-electron chi connectivity index (χ3n) is 5.76. The SMILES string of the molecule is O=C(Nc1ccccc1C(=O)NC(Cc1ccccc1)C(=O)N1CCCC1)c1ccccc1. The summed E-state index contributed by atoms with van der Waals surface area (Å²) in [6.45, 7) is 1.42. The topological polar surface area (TPSA) is 78.5 Å². The van der Waals surface area contributed by atoms with E-state index in [0.29, 0.717) is 36.3 Å². The van der Waals surface area contributed by atoms with Crippen LogP contribution in [0.3, 0.4) is 0 Å². The van der Waals surface area contributed by atoms with Crippen molar-refractivity contribution in [3.8, 4) is 0 Å². The summed E-state index contributed by atoms with van der Waals surface area (Å²) in [6.07, 6.45) is 2.36. The number of hydrogen-bond donors (Lipinski definition) is 2. The highest BCUT2D eigenvalue weighted by Gasteiger charge is 2.29. The molecule has 0 saturated carbocycles. The first kappa shape index (κ1) is 22.3. The van der Waals surface area contributed by atoms with E-state index < -0.39 is 11.9 Å². The summed E-state index contributed by atoms with van der Waals surface area (Å²) in [5, 5.41) is 5.75. The van der Waals surface area contributed by atoms with E-state index in [1.165, 1.54) is 0 Å². The van der Waals surface area contributed by atoms with Gasteiger partial charge in [0.2, 0.25) is 5.91 Å². The fraction of sp³-hybridized carbons (Fsp3) is 0.222. The lowest BCUT2D eigenvalue weighted by Crippen LogP contribution is -2.49. The van der Waals surface area contributed by atoms with Gasteiger partial charge in [0, 0.05) is 25.1 Å².